The van der Waals surface area contributed by atoms with E-state index in [4.69, 9.17) is 14.8 Å². The van der Waals surface area contributed by atoms with E-state index in [2.05, 4.69) is 54.8 Å². The van der Waals surface area contributed by atoms with Gasteiger partial charge in [0.15, 0.2) is 0 Å². The number of methoxy groups -OCH3 is 1. The van der Waals surface area contributed by atoms with Gasteiger partial charge >= 0.3 is 0 Å². The monoisotopic (exact) mass is 525 g/mol. The summed E-state index contributed by atoms with van der Waals surface area (Å²) in [6.07, 6.45) is 0. The number of hydrogen-bond donors (Lipinski definition) is 2. The van der Waals surface area contributed by atoms with Crippen molar-refractivity contribution in [3.8, 4) is 5.75 Å². The molecule has 4 aromatic rings. The molecule has 2 N–H and O–H groups in total. The predicted molar refractivity (Wildman–Crippen MR) is 153 cm³/mol. The second kappa shape index (κ2) is 11.1. The van der Waals surface area contributed by atoms with E-state index in [1.54, 1.807) is 18.9 Å². The first-order valence-corrected chi connectivity index (χ1v) is 13.6. The van der Waals surface area contributed by atoms with Crippen molar-refractivity contribution < 1.29 is 9.53 Å². The summed E-state index contributed by atoms with van der Waals surface area (Å²) in [6.45, 7) is 6.25. The highest BCUT2D eigenvalue weighted by Crippen LogP contribution is 2.37. The lowest BCUT2D eigenvalue weighted by atomic mass is 9.93. The molecule has 5 rings (SSSR count). The molecule has 0 spiro atoms. The van der Waals surface area contributed by atoms with Crippen molar-refractivity contribution in [3.05, 3.63) is 107 Å². The van der Waals surface area contributed by atoms with Gasteiger partial charge in [-0.1, -0.05) is 80.2 Å². The summed E-state index contributed by atoms with van der Waals surface area (Å²) < 4.78 is 7.17. The molecule has 1 aliphatic rings. The van der Waals surface area contributed by atoms with Crippen LogP contribution in [0.1, 0.15) is 49.4 Å². The first kappa shape index (κ1) is 25.6. The van der Waals surface area contributed by atoms with Crippen LogP contribution in [0.2, 0.25) is 0 Å². The number of nitrogens with zero attached hydrogens (tertiary/aromatic N) is 3. The van der Waals surface area contributed by atoms with Crippen LogP contribution in [0.4, 0.5) is 11.6 Å². The smallest absolute Gasteiger partial charge is 0.255 e. The Balaban J connectivity index is 1.48. The molecule has 1 aromatic heterocycles. The Kier molecular flexibility index (Phi) is 7.51. The third kappa shape index (κ3) is 5.45. The molecule has 1 amide bonds. The molecular formula is C30H31N5O2S. The molecule has 7 nitrogen and oxygen atoms in total. The molecule has 0 saturated heterocycles. The summed E-state index contributed by atoms with van der Waals surface area (Å²) in [4.78, 5) is 18.4. The number of nitrogens with one attached hydrogen (secondary N) is 2. The minimum atomic E-state index is -0.421. The number of aromatic nitrogens is 3. The number of anilines is 2. The number of ether oxygens (including phenoxy) is 1. The molecule has 3 aromatic carbocycles. The fraction of sp³-hybridized carbons (Fsp3) is 0.233. The van der Waals surface area contributed by atoms with Gasteiger partial charge < -0.3 is 15.4 Å². The molecule has 1 atom stereocenters. The van der Waals surface area contributed by atoms with E-state index in [0.717, 1.165) is 28.3 Å². The zero-order chi connectivity index (χ0) is 26.6. The first-order chi connectivity index (χ1) is 18.4. The highest BCUT2D eigenvalue weighted by Gasteiger charge is 2.34. The van der Waals surface area contributed by atoms with Crippen LogP contribution in [0.5, 0.6) is 5.75 Å². The third-order valence-corrected chi connectivity index (χ3v) is 7.44. The normalized spacial score (nSPS) is 14.7. The maximum absolute atomic E-state index is 13.6. The van der Waals surface area contributed by atoms with E-state index in [-0.39, 0.29) is 5.91 Å². The van der Waals surface area contributed by atoms with E-state index in [1.165, 1.54) is 5.56 Å². The summed E-state index contributed by atoms with van der Waals surface area (Å²) in [5.74, 6) is 2.37. The van der Waals surface area contributed by atoms with E-state index in [1.807, 2.05) is 60.1 Å². The number of benzene rings is 3. The average Bonchev–Trinajstić information content (AvgIpc) is 3.34. The number of para-hydroxylation sites is 1. The van der Waals surface area contributed by atoms with Gasteiger partial charge in [-0.05, 0) is 53.8 Å². The zero-order valence-electron chi connectivity index (χ0n) is 21.9. The summed E-state index contributed by atoms with van der Waals surface area (Å²) in [5, 5.41) is 11.9. The SMILES string of the molecule is COc1cccc(CSc2nc3n(n2)[C@H](c2ccc(C(C)C)cc2)C(C(=O)Nc2ccccc2)=C(C)N3)c1. The first-order valence-electron chi connectivity index (χ1n) is 12.6. The lowest BCUT2D eigenvalue weighted by Crippen LogP contribution is -2.31. The molecule has 0 bridgehead atoms. The Hall–Kier alpha value is -4.04. The number of rotatable bonds is 8. The van der Waals surface area contributed by atoms with Crippen molar-refractivity contribution in [1.82, 2.24) is 14.8 Å². The molecule has 8 heteroatoms. The van der Waals surface area contributed by atoms with Gasteiger partial charge in [0, 0.05) is 17.1 Å². The van der Waals surface area contributed by atoms with Crippen LogP contribution >= 0.6 is 11.8 Å². The molecular weight excluding hydrogens is 494 g/mol. The quantitative estimate of drug-likeness (QED) is 0.251. The Bertz CT molecular complexity index is 1460. The number of amides is 1. The Labute approximate surface area is 227 Å². The molecule has 194 valence electrons. The van der Waals surface area contributed by atoms with Crippen LogP contribution in [0.3, 0.4) is 0 Å². The number of thioether (sulfide) groups is 1. The maximum atomic E-state index is 13.6. The second-order valence-corrected chi connectivity index (χ2v) is 10.5. The van der Waals surface area contributed by atoms with Crippen LogP contribution in [0.15, 0.2) is 95.3 Å². The van der Waals surface area contributed by atoms with Gasteiger partial charge in [-0.3, -0.25) is 4.79 Å². The van der Waals surface area contributed by atoms with Gasteiger partial charge in [-0.15, -0.1) is 5.10 Å². The van der Waals surface area contributed by atoms with Crippen molar-refractivity contribution >= 4 is 29.3 Å². The maximum Gasteiger partial charge on any atom is 0.255 e. The standard InChI is InChI=1S/C30H31N5O2S/c1-19(2)22-13-15-23(16-14-22)27-26(28(36)32-24-10-6-5-7-11-24)20(3)31-29-33-30(34-35(27)29)38-18-21-9-8-12-25(17-21)37-4/h5-17,19,27H,18H2,1-4H3,(H,32,36)(H,31,33,34)/t27-/m1/s1. The molecule has 0 fully saturated rings. The van der Waals surface area contributed by atoms with E-state index >= 15 is 0 Å². The van der Waals surface area contributed by atoms with Crippen LogP contribution in [0.25, 0.3) is 0 Å². The van der Waals surface area contributed by atoms with Crippen molar-refractivity contribution in [2.45, 2.75) is 43.6 Å². The number of hydrogen-bond acceptors (Lipinski definition) is 6. The van der Waals surface area contributed by atoms with Crippen LogP contribution in [-0.2, 0) is 10.5 Å². The van der Waals surface area contributed by atoms with Gasteiger partial charge in [0.1, 0.15) is 11.8 Å². The number of fused-ring (bicyclic) bond motifs is 1. The molecule has 0 radical (unpaired) electrons. The fourth-order valence-corrected chi connectivity index (χ4v) is 5.26. The van der Waals surface area contributed by atoms with Crippen molar-refractivity contribution in [3.63, 3.8) is 0 Å². The van der Waals surface area contributed by atoms with Crippen LogP contribution < -0.4 is 15.4 Å². The highest BCUT2D eigenvalue weighted by atomic mass is 32.2. The van der Waals surface area contributed by atoms with Crippen molar-refractivity contribution in [2.24, 2.45) is 0 Å². The fourth-order valence-electron chi connectivity index (χ4n) is 4.49. The van der Waals surface area contributed by atoms with Gasteiger partial charge in [0.05, 0.1) is 12.7 Å². The van der Waals surface area contributed by atoms with E-state index in [0.29, 0.717) is 28.3 Å². The molecule has 1 aliphatic heterocycles. The minimum Gasteiger partial charge on any atom is -0.497 e. The second-order valence-electron chi connectivity index (χ2n) is 9.51. The zero-order valence-corrected chi connectivity index (χ0v) is 22.8. The largest absolute Gasteiger partial charge is 0.497 e. The van der Waals surface area contributed by atoms with Gasteiger partial charge in [0.2, 0.25) is 11.1 Å². The van der Waals surface area contributed by atoms with Crippen molar-refractivity contribution in [2.75, 3.05) is 17.7 Å². The molecule has 0 saturated carbocycles. The molecule has 38 heavy (non-hydrogen) atoms. The predicted octanol–water partition coefficient (Wildman–Crippen LogP) is 6.63. The Morgan fingerprint density at radius 3 is 2.55 bits per heavy atom. The van der Waals surface area contributed by atoms with Crippen molar-refractivity contribution in [1.29, 1.82) is 0 Å². The van der Waals surface area contributed by atoms with Crippen LogP contribution in [-0.4, -0.2) is 27.8 Å². The summed E-state index contributed by atoms with van der Waals surface area (Å²) >= 11 is 1.55. The van der Waals surface area contributed by atoms with Gasteiger partial charge in [-0.25, -0.2) is 4.68 Å². The highest BCUT2D eigenvalue weighted by molar-refractivity contribution is 7.98. The van der Waals surface area contributed by atoms with Gasteiger partial charge in [-0.2, -0.15) is 4.98 Å². The number of allylic oxidation sites excluding steroid dienone is 1. The molecule has 0 aliphatic carbocycles. The number of carbonyl (C=O) groups is 1. The lowest BCUT2D eigenvalue weighted by Gasteiger charge is -2.29. The lowest BCUT2D eigenvalue weighted by molar-refractivity contribution is -0.113. The Morgan fingerprint density at radius 2 is 1.84 bits per heavy atom. The van der Waals surface area contributed by atoms with E-state index < -0.39 is 6.04 Å². The summed E-state index contributed by atoms with van der Waals surface area (Å²) in [6, 6.07) is 25.5. The van der Waals surface area contributed by atoms with Crippen LogP contribution in [0, 0.1) is 0 Å². The number of carbonyl (C=O) groups excluding carboxylic acids is 1. The topological polar surface area (TPSA) is 81.1 Å². The van der Waals surface area contributed by atoms with E-state index in [9.17, 15) is 4.79 Å². The Morgan fingerprint density at radius 1 is 1.08 bits per heavy atom. The summed E-state index contributed by atoms with van der Waals surface area (Å²) in [5.41, 5.74) is 5.43. The van der Waals surface area contributed by atoms with Gasteiger partial charge in [0.25, 0.3) is 5.91 Å². The summed E-state index contributed by atoms with van der Waals surface area (Å²) in [7, 11) is 1.66. The minimum absolute atomic E-state index is 0.175. The molecule has 0 unspecified atom stereocenters. The average molecular weight is 526 g/mol. The molecule has 2 heterocycles. The third-order valence-electron chi connectivity index (χ3n) is 6.53.